The molecule has 2 N–H and O–H groups in total. The maximum Gasteiger partial charge on any atom is 0.218 e. The molecule has 1 aliphatic rings. The molecular formula is C9H12N2O2S. The van der Waals surface area contributed by atoms with Gasteiger partial charge in [-0.3, -0.25) is 0 Å². The van der Waals surface area contributed by atoms with E-state index in [2.05, 4.69) is 0 Å². The SMILES string of the molecule is CN1Cc2cc(N)ccc2CS1(=O)=O. The molecular weight excluding hydrogens is 200 g/mol. The number of sulfonamides is 1. The molecule has 1 heterocycles. The third-order valence-electron chi connectivity index (χ3n) is 2.44. The van der Waals surface area contributed by atoms with Crippen LogP contribution in [-0.4, -0.2) is 19.8 Å². The third-order valence-corrected chi connectivity index (χ3v) is 4.19. The zero-order valence-electron chi connectivity index (χ0n) is 7.90. The first-order chi connectivity index (χ1) is 6.49. The van der Waals surface area contributed by atoms with Gasteiger partial charge in [0.05, 0.1) is 5.75 Å². The van der Waals surface area contributed by atoms with E-state index in [0.29, 0.717) is 12.2 Å². The number of anilines is 1. The quantitative estimate of drug-likeness (QED) is 0.638. The Morgan fingerprint density at radius 3 is 2.79 bits per heavy atom. The first-order valence-electron chi connectivity index (χ1n) is 4.30. The average molecular weight is 212 g/mol. The molecule has 0 saturated heterocycles. The van der Waals surface area contributed by atoms with Gasteiger partial charge in [-0.05, 0) is 23.3 Å². The van der Waals surface area contributed by atoms with Crippen LogP contribution < -0.4 is 5.73 Å². The van der Waals surface area contributed by atoms with Crippen LogP contribution in [0.5, 0.6) is 0 Å². The molecule has 5 heteroatoms. The molecule has 2 rings (SSSR count). The van der Waals surface area contributed by atoms with Gasteiger partial charge in [-0.15, -0.1) is 0 Å². The van der Waals surface area contributed by atoms with Crippen LogP contribution in [0.4, 0.5) is 5.69 Å². The lowest BCUT2D eigenvalue weighted by molar-refractivity contribution is 0.455. The van der Waals surface area contributed by atoms with Crippen molar-refractivity contribution in [3.8, 4) is 0 Å². The molecule has 1 aliphatic heterocycles. The fourth-order valence-electron chi connectivity index (χ4n) is 1.58. The van der Waals surface area contributed by atoms with Gasteiger partial charge in [0.15, 0.2) is 0 Å². The number of benzene rings is 1. The van der Waals surface area contributed by atoms with Crippen molar-refractivity contribution in [2.75, 3.05) is 12.8 Å². The van der Waals surface area contributed by atoms with Gasteiger partial charge < -0.3 is 5.73 Å². The summed E-state index contributed by atoms with van der Waals surface area (Å²) in [4.78, 5) is 0. The topological polar surface area (TPSA) is 63.4 Å². The van der Waals surface area contributed by atoms with Crippen molar-refractivity contribution in [2.45, 2.75) is 12.3 Å². The second-order valence-electron chi connectivity index (χ2n) is 3.54. The number of nitrogen functional groups attached to an aromatic ring is 1. The lowest BCUT2D eigenvalue weighted by Gasteiger charge is -2.24. The number of hydrogen-bond donors (Lipinski definition) is 1. The van der Waals surface area contributed by atoms with Crippen LogP contribution in [0.25, 0.3) is 0 Å². The summed E-state index contributed by atoms with van der Waals surface area (Å²) in [5.74, 6) is 0.0825. The van der Waals surface area contributed by atoms with Crippen molar-refractivity contribution in [1.82, 2.24) is 4.31 Å². The highest BCUT2D eigenvalue weighted by Gasteiger charge is 2.26. The first-order valence-corrected chi connectivity index (χ1v) is 5.91. The highest BCUT2D eigenvalue weighted by atomic mass is 32.2. The van der Waals surface area contributed by atoms with Gasteiger partial charge in [0, 0.05) is 19.3 Å². The second kappa shape index (κ2) is 2.96. The fraction of sp³-hybridized carbons (Fsp3) is 0.333. The van der Waals surface area contributed by atoms with E-state index in [1.165, 1.54) is 4.31 Å². The molecule has 0 saturated carbocycles. The van der Waals surface area contributed by atoms with E-state index in [4.69, 9.17) is 5.73 Å². The van der Waals surface area contributed by atoms with Crippen molar-refractivity contribution in [3.05, 3.63) is 29.3 Å². The van der Waals surface area contributed by atoms with Crippen LogP contribution in [0.15, 0.2) is 18.2 Å². The maximum atomic E-state index is 11.5. The molecule has 76 valence electrons. The monoisotopic (exact) mass is 212 g/mol. The van der Waals surface area contributed by atoms with Gasteiger partial charge in [0.25, 0.3) is 0 Å². The van der Waals surface area contributed by atoms with Crippen molar-refractivity contribution < 1.29 is 8.42 Å². The summed E-state index contributed by atoms with van der Waals surface area (Å²) in [6.45, 7) is 0.419. The van der Waals surface area contributed by atoms with Gasteiger partial charge in [0.2, 0.25) is 10.0 Å². The Hall–Kier alpha value is -1.07. The summed E-state index contributed by atoms with van der Waals surface area (Å²) < 4.78 is 24.4. The van der Waals surface area contributed by atoms with Gasteiger partial charge >= 0.3 is 0 Å². The average Bonchev–Trinajstić information content (AvgIpc) is 2.08. The van der Waals surface area contributed by atoms with Gasteiger partial charge in [-0.25, -0.2) is 12.7 Å². The number of nitrogens with two attached hydrogens (primary N) is 1. The molecule has 0 amide bonds. The fourth-order valence-corrected chi connectivity index (χ4v) is 2.81. The standard InChI is InChI=1S/C9H12N2O2S/c1-11-5-8-4-9(10)3-2-7(8)6-14(11,12)13/h2-4H,5-6,10H2,1H3. The third kappa shape index (κ3) is 1.49. The molecule has 1 aromatic rings. The summed E-state index contributed by atoms with van der Waals surface area (Å²) in [7, 11) is -1.51. The molecule has 4 nitrogen and oxygen atoms in total. The summed E-state index contributed by atoms with van der Waals surface area (Å²) in [6.07, 6.45) is 0. The molecule has 0 unspecified atom stereocenters. The Morgan fingerprint density at radius 2 is 2.07 bits per heavy atom. The minimum Gasteiger partial charge on any atom is -0.399 e. The molecule has 0 bridgehead atoms. The van der Waals surface area contributed by atoms with E-state index < -0.39 is 10.0 Å². The molecule has 1 aromatic carbocycles. The normalized spacial score (nSPS) is 20.4. The van der Waals surface area contributed by atoms with Gasteiger partial charge in [-0.2, -0.15) is 0 Å². The Morgan fingerprint density at radius 1 is 1.36 bits per heavy atom. The zero-order chi connectivity index (χ0) is 10.3. The largest absolute Gasteiger partial charge is 0.399 e. The minimum absolute atomic E-state index is 0.0825. The molecule has 0 fully saturated rings. The number of fused-ring (bicyclic) bond motifs is 1. The number of nitrogens with zero attached hydrogens (tertiary/aromatic N) is 1. The van der Waals surface area contributed by atoms with Crippen molar-refractivity contribution in [3.63, 3.8) is 0 Å². The van der Waals surface area contributed by atoms with Crippen LogP contribution >= 0.6 is 0 Å². The second-order valence-corrected chi connectivity index (χ2v) is 5.62. The Balaban J connectivity index is 2.51. The van der Waals surface area contributed by atoms with Crippen LogP contribution in [0.2, 0.25) is 0 Å². The van der Waals surface area contributed by atoms with E-state index in [-0.39, 0.29) is 5.75 Å². The lowest BCUT2D eigenvalue weighted by atomic mass is 10.1. The van der Waals surface area contributed by atoms with Crippen LogP contribution in [-0.2, 0) is 22.3 Å². The first kappa shape index (κ1) is 9.48. The summed E-state index contributed by atoms with van der Waals surface area (Å²) >= 11 is 0. The predicted octanol–water partition coefficient (Wildman–Crippen LogP) is 0.544. The number of rotatable bonds is 0. The summed E-state index contributed by atoms with van der Waals surface area (Å²) in [6, 6.07) is 5.36. The smallest absolute Gasteiger partial charge is 0.218 e. The predicted molar refractivity (Wildman–Crippen MR) is 54.9 cm³/mol. The van der Waals surface area contributed by atoms with Gasteiger partial charge in [-0.1, -0.05) is 6.07 Å². The van der Waals surface area contributed by atoms with E-state index in [1.54, 1.807) is 19.2 Å². The highest BCUT2D eigenvalue weighted by molar-refractivity contribution is 7.88. The zero-order valence-corrected chi connectivity index (χ0v) is 8.71. The Kier molecular flexibility index (Phi) is 2.01. The van der Waals surface area contributed by atoms with Crippen LogP contribution in [0, 0.1) is 0 Å². The number of hydrogen-bond acceptors (Lipinski definition) is 3. The van der Waals surface area contributed by atoms with E-state index >= 15 is 0 Å². The summed E-state index contributed by atoms with van der Waals surface area (Å²) in [5, 5.41) is 0. The van der Waals surface area contributed by atoms with Crippen molar-refractivity contribution in [1.29, 1.82) is 0 Å². The van der Waals surface area contributed by atoms with E-state index in [1.807, 2.05) is 6.07 Å². The minimum atomic E-state index is -3.10. The molecule has 0 aliphatic carbocycles. The van der Waals surface area contributed by atoms with Crippen molar-refractivity contribution >= 4 is 15.7 Å². The lowest BCUT2D eigenvalue weighted by Crippen LogP contribution is -2.32. The molecule has 14 heavy (non-hydrogen) atoms. The molecule has 0 aromatic heterocycles. The van der Waals surface area contributed by atoms with Crippen LogP contribution in [0.3, 0.4) is 0 Å². The Labute approximate surface area is 83.4 Å². The highest BCUT2D eigenvalue weighted by Crippen LogP contribution is 2.24. The maximum absolute atomic E-state index is 11.5. The van der Waals surface area contributed by atoms with Crippen molar-refractivity contribution in [2.24, 2.45) is 0 Å². The summed E-state index contributed by atoms with van der Waals surface area (Å²) in [5.41, 5.74) is 8.16. The van der Waals surface area contributed by atoms with E-state index in [9.17, 15) is 8.42 Å². The van der Waals surface area contributed by atoms with Gasteiger partial charge in [0.1, 0.15) is 0 Å². The molecule has 0 atom stereocenters. The van der Waals surface area contributed by atoms with E-state index in [0.717, 1.165) is 11.1 Å². The molecule has 0 radical (unpaired) electrons. The Bertz CT molecular complexity index is 468. The molecule has 0 spiro atoms. The van der Waals surface area contributed by atoms with Crippen LogP contribution in [0.1, 0.15) is 11.1 Å².